The molecule has 1 saturated carbocycles. The molecule has 4 heteroatoms. The first kappa shape index (κ1) is 14.4. The van der Waals surface area contributed by atoms with E-state index in [1.165, 1.54) is 24.8 Å². The summed E-state index contributed by atoms with van der Waals surface area (Å²) in [5.41, 5.74) is 1.25. The summed E-state index contributed by atoms with van der Waals surface area (Å²) in [5.74, 6) is 1.84. The summed E-state index contributed by atoms with van der Waals surface area (Å²) in [6.45, 7) is 4.79. The zero-order valence-corrected chi connectivity index (χ0v) is 13.8. The molecule has 1 fully saturated rings. The smallest absolute Gasteiger partial charge is 0.147 e. The Balaban J connectivity index is 1.95. The highest BCUT2D eigenvalue weighted by Crippen LogP contribution is 2.36. The third-order valence-corrected chi connectivity index (χ3v) is 4.28. The van der Waals surface area contributed by atoms with Gasteiger partial charge in [-0.1, -0.05) is 19.8 Å². The van der Waals surface area contributed by atoms with E-state index in [0.717, 1.165) is 40.3 Å². The van der Waals surface area contributed by atoms with E-state index in [4.69, 9.17) is 4.74 Å². The highest BCUT2D eigenvalue weighted by Gasteiger charge is 2.21. The van der Waals surface area contributed by atoms with Gasteiger partial charge >= 0.3 is 0 Å². The van der Waals surface area contributed by atoms with Gasteiger partial charge in [0.15, 0.2) is 0 Å². The number of nitrogens with one attached hydrogen (secondary N) is 1. The molecule has 0 spiro atoms. The molecule has 0 unspecified atom stereocenters. The summed E-state index contributed by atoms with van der Waals surface area (Å²) in [7, 11) is 0. The molecule has 1 N–H and O–H groups in total. The molecule has 0 heterocycles. The number of ether oxygens (including phenoxy) is 1. The number of hydrogen-bond donors (Lipinski definition) is 1. The van der Waals surface area contributed by atoms with Crippen molar-refractivity contribution in [2.24, 2.45) is 5.92 Å². The first-order chi connectivity index (χ1) is 8.70. The van der Waals surface area contributed by atoms with Crippen LogP contribution < -0.4 is 10.1 Å². The number of rotatable bonds is 7. The molecule has 0 radical (unpaired) electrons. The maximum absolute atomic E-state index is 5.86. The average Bonchev–Trinajstić information content (AvgIpc) is 3.14. The normalized spacial score (nSPS) is 14.8. The Morgan fingerprint density at radius 2 is 1.94 bits per heavy atom. The predicted molar refractivity (Wildman–Crippen MR) is 82.1 cm³/mol. The zero-order valence-electron chi connectivity index (χ0n) is 10.6. The molecule has 2 rings (SSSR count). The highest BCUT2D eigenvalue weighted by atomic mass is 79.9. The van der Waals surface area contributed by atoms with Crippen molar-refractivity contribution in [1.82, 2.24) is 5.32 Å². The summed E-state index contributed by atoms with van der Waals surface area (Å²) in [5, 5.41) is 3.32. The van der Waals surface area contributed by atoms with Crippen molar-refractivity contribution in [2.45, 2.75) is 32.7 Å². The molecule has 1 aromatic rings. The van der Waals surface area contributed by atoms with Crippen LogP contribution in [0.15, 0.2) is 21.1 Å². The minimum absolute atomic E-state index is 0.814. The maximum atomic E-state index is 5.86. The van der Waals surface area contributed by atoms with Crippen LogP contribution in [0.1, 0.15) is 31.7 Å². The van der Waals surface area contributed by atoms with Crippen molar-refractivity contribution in [3.05, 3.63) is 26.6 Å². The van der Waals surface area contributed by atoms with Gasteiger partial charge in [-0.15, -0.1) is 0 Å². The van der Waals surface area contributed by atoms with Crippen molar-refractivity contribution in [3.8, 4) is 5.75 Å². The van der Waals surface area contributed by atoms with Crippen LogP contribution in [0.25, 0.3) is 0 Å². The number of halogens is 2. The summed E-state index contributed by atoms with van der Waals surface area (Å²) in [4.78, 5) is 0. The second-order valence-electron chi connectivity index (χ2n) is 4.75. The van der Waals surface area contributed by atoms with E-state index in [2.05, 4.69) is 56.2 Å². The molecule has 1 aromatic carbocycles. The molecule has 18 heavy (non-hydrogen) atoms. The largest absolute Gasteiger partial charge is 0.491 e. The SMILES string of the molecule is CCNCc1cc(Br)c(OCCC2CC2)c(Br)c1. The lowest BCUT2D eigenvalue weighted by Gasteiger charge is -2.12. The Labute approximate surface area is 126 Å². The van der Waals surface area contributed by atoms with Crippen LogP contribution in [0, 0.1) is 5.92 Å². The summed E-state index contributed by atoms with van der Waals surface area (Å²) < 4.78 is 7.92. The van der Waals surface area contributed by atoms with Gasteiger partial charge in [0.2, 0.25) is 0 Å². The minimum atomic E-state index is 0.814. The molecular weight excluding hydrogens is 358 g/mol. The molecule has 0 atom stereocenters. The lowest BCUT2D eigenvalue weighted by Crippen LogP contribution is -2.11. The molecule has 1 aliphatic rings. The van der Waals surface area contributed by atoms with E-state index in [1.54, 1.807) is 0 Å². The second-order valence-corrected chi connectivity index (χ2v) is 6.46. The molecule has 0 aromatic heterocycles. The van der Waals surface area contributed by atoms with Gasteiger partial charge in [0.25, 0.3) is 0 Å². The highest BCUT2D eigenvalue weighted by molar-refractivity contribution is 9.11. The van der Waals surface area contributed by atoms with Crippen molar-refractivity contribution in [3.63, 3.8) is 0 Å². The quantitative estimate of drug-likeness (QED) is 0.756. The third kappa shape index (κ3) is 4.25. The van der Waals surface area contributed by atoms with Gasteiger partial charge in [0.05, 0.1) is 15.6 Å². The zero-order chi connectivity index (χ0) is 13.0. The second kappa shape index (κ2) is 6.92. The van der Waals surface area contributed by atoms with Gasteiger partial charge in [-0.2, -0.15) is 0 Å². The topological polar surface area (TPSA) is 21.3 Å². The van der Waals surface area contributed by atoms with Crippen LogP contribution in [-0.2, 0) is 6.54 Å². The van der Waals surface area contributed by atoms with E-state index in [9.17, 15) is 0 Å². The van der Waals surface area contributed by atoms with Crippen LogP contribution in [0.3, 0.4) is 0 Å². The van der Waals surface area contributed by atoms with Gasteiger partial charge in [0, 0.05) is 6.54 Å². The molecule has 2 nitrogen and oxygen atoms in total. The van der Waals surface area contributed by atoms with Crippen LogP contribution in [-0.4, -0.2) is 13.2 Å². The Morgan fingerprint density at radius 3 is 2.50 bits per heavy atom. The molecule has 0 amide bonds. The predicted octanol–water partition coefficient (Wildman–Crippen LogP) is 4.50. The Morgan fingerprint density at radius 1 is 1.28 bits per heavy atom. The summed E-state index contributed by atoms with van der Waals surface area (Å²) in [6.07, 6.45) is 3.94. The summed E-state index contributed by atoms with van der Waals surface area (Å²) >= 11 is 7.18. The van der Waals surface area contributed by atoms with Crippen molar-refractivity contribution < 1.29 is 4.74 Å². The fourth-order valence-electron chi connectivity index (χ4n) is 1.86. The maximum Gasteiger partial charge on any atom is 0.147 e. The number of benzene rings is 1. The van der Waals surface area contributed by atoms with Crippen LogP contribution in [0.5, 0.6) is 5.75 Å². The fourth-order valence-corrected chi connectivity index (χ4v) is 3.37. The van der Waals surface area contributed by atoms with Gasteiger partial charge in [-0.25, -0.2) is 0 Å². The lowest BCUT2D eigenvalue weighted by molar-refractivity contribution is 0.299. The first-order valence-corrected chi connectivity index (χ1v) is 8.10. The number of hydrogen-bond acceptors (Lipinski definition) is 2. The molecule has 100 valence electrons. The molecule has 1 aliphatic carbocycles. The van der Waals surface area contributed by atoms with Crippen LogP contribution in [0.2, 0.25) is 0 Å². The Bertz CT molecular complexity index is 382. The molecular formula is C14H19Br2NO. The standard InChI is InChI=1S/C14H19Br2NO/c1-2-17-9-11-7-12(15)14(13(16)8-11)18-6-5-10-3-4-10/h7-8,10,17H,2-6,9H2,1H3. The lowest BCUT2D eigenvalue weighted by atomic mass is 10.2. The van der Waals surface area contributed by atoms with E-state index in [-0.39, 0.29) is 0 Å². The van der Waals surface area contributed by atoms with Crippen LogP contribution in [0.4, 0.5) is 0 Å². The first-order valence-electron chi connectivity index (χ1n) is 6.52. The summed E-state index contributed by atoms with van der Waals surface area (Å²) in [6, 6.07) is 4.25. The Kier molecular flexibility index (Phi) is 5.52. The van der Waals surface area contributed by atoms with Gasteiger partial charge in [-0.3, -0.25) is 0 Å². The molecule has 0 saturated heterocycles. The van der Waals surface area contributed by atoms with Gasteiger partial charge in [0.1, 0.15) is 5.75 Å². The monoisotopic (exact) mass is 375 g/mol. The van der Waals surface area contributed by atoms with Crippen molar-refractivity contribution in [1.29, 1.82) is 0 Å². The average molecular weight is 377 g/mol. The molecule has 0 bridgehead atoms. The third-order valence-electron chi connectivity index (χ3n) is 3.11. The van der Waals surface area contributed by atoms with Crippen LogP contribution >= 0.6 is 31.9 Å². The van der Waals surface area contributed by atoms with E-state index in [0.29, 0.717) is 0 Å². The molecule has 0 aliphatic heterocycles. The fraction of sp³-hybridized carbons (Fsp3) is 0.571. The minimum Gasteiger partial charge on any atom is -0.491 e. The van der Waals surface area contributed by atoms with E-state index >= 15 is 0 Å². The van der Waals surface area contributed by atoms with E-state index < -0.39 is 0 Å². The Hall–Kier alpha value is -0.0600. The van der Waals surface area contributed by atoms with Crippen molar-refractivity contribution >= 4 is 31.9 Å². The van der Waals surface area contributed by atoms with Gasteiger partial charge in [-0.05, 0) is 68.4 Å². The van der Waals surface area contributed by atoms with Crippen molar-refractivity contribution in [2.75, 3.05) is 13.2 Å². The van der Waals surface area contributed by atoms with Gasteiger partial charge < -0.3 is 10.1 Å². The van der Waals surface area contributed by atoms with E-state index in [1.807, 2.05) is 0 Å².